The number of ether oxygens (including phenoxy) is 1. The molecule has 0 saturated carbocycles. The van der Waals surface area contributed by atoms with Gasteiger partial charge < -0.3 is 14.6 Å². The third-order valence-corrected chi connectivity index (χ3v) is 4.22. The van der Waals surface area contributed by atoms with Crippen molar-refractivity contribution in [2.24, 2.45) is 7.05 Å². The van der Waals surface area contributed by atoms with Gasteiger partial charge >= 0.3 is 5.69 Å². The molecule has 0 unspecified atom stereocenters. The Bertz CT molecular complexity index is 782. The fraction of sp³-hybridized carbons (Fsp3) is 0.643. The van der Waals surface area contributed by atoms with Gasteiger partial charge in [-0.05, 0) is 25.9 Å². The molecular formula is C14H21N5O3. The molecule has 2 aromatic rings. The Labute approximate surface area is 127 Å². The van der Waals surface area contributed by atoms with Crippen molar-refractivity contribution in [3.63, 3.8) is 0 Å². The maximum Gasteiger partial charge on any atom is 0.333 e. The van der Waals surface area contributed by atoms with Crippen LogP contribution in [0.3, 0.4) is 0 Å². The molecule has 1 saturated heterocycles. The van der Waals surface area contributed by atoms with Gasteiger partial charge in [0.15, 0.2) is 11.2 Å². The summed E-state index contributed by atoms with van der Waals surface area (Å²) in [4.78, 5) is 29.8. The highest BCUT2D eigenvalue weighted by atomic mass is 16.5. The molecule has 0 aromatic carbocycles. The second-order valence-electron chi connectivity index (χ2n) is 5.61. The summed E-state index contributed by atoms with van der Waals surface area (Å²) in [7, 11) is 3.36. The van der Waals surface area contributed by atoms with Crippen LogP contribution in [0.2, 0.25) is 0 Å². The lowest BCUT2D eigenvalue weighted by Gasteiger charge is -2.24. The van der Waals surface area contributed by atoms with E-state index in [0.29, 0.717) is 24.3 Å². The first-order valence-electron chi connectivity index (χ1n) is 7.51. The standard InChI is InChI=1S/C14H21N5O3/c1-17-9-16-12-11(17)13(20)19(10-3-5-15-6-4-10)14(21)18(12)7-8-22-2/h9-10,15H,3-8H2,1-2H3. The third-order valence-electron chi connectivity index (χ3n) is 4.22. The van der Waals surface area contributed by atoms with Crippen LogP contribution in [0.15, 0.2) is 15.9 Å². The molecule has 8 nitrogen and oxygen atoms in total. The molecule has 1 aliphatic heterocycles. The zero-order valence-electron chi connectivity index (χ0n) is 12.9. The molecule has 0 atom stereocenters. The van der Waals surface area contributed by atoms with Crippen molar-refractivity contribution >= 4 is 11.2 Å². The minimum Gasteiger partial charge on any atom is -0.383 e. The first kappa shape index (κ1) is 15.0. The number of nitrogens with zero attached hydrogens (tertiary/aromatic N) is 4. The van der Waals surface area contributed by atoms with Crippen LogP contribution in [0.25, 0.3) is 11.2 Å². The maximum absolute atomic E-state index is 12.8. The van der Waals surface area contributed by atoms with E-state index in [9.17, 15) is 9.59 Å². The topological polar surface area (TPSA) is 83.1 Å². The first-order chi connectivity index (χ1) is 10.6. The van der Waals surface area contributed by atoms with E-state index >= 15 is 0 Å². The highest BCUT2D eigenvalue weighted by molar-refractivity contribution is 5.69. The molecule has 120 valence electrons. The molecule has 0 bridgehead atoms. The van der Waals surface area contributed by atoms with Crippen molar-refractivity contribution in [2.45, 2.75) is 25.4 Å². The van der Waals surface area contributed by atoms with Crippen molar-refractivity contribution in [1.82, 2.24) is 24.0 Å². The van der Waals surface area contributed by atoms with Gasteiger partial charge in [-0.15, -0.1) is 0 Å². The highest BCUT2D eigenvalue weighted by Crippen LogP contribution is 2.16. The van der Waals surface area contributed by atoms with Gasteiger partial charge in [0, 0.05) is 20.2 Å². The van der Waals surface area contributed by atoms with Crippen molar-refractivity contribution in [2.75, 3.05) is 26.8 Å². The number of hydrogen-bond acceptors (Lipinski definition) is 5. The van der Waals surface area contributed by atoms with E-state index < -0.39 is 0 Å². The second kappa shape index (κ2) is 6.05. The van der Waals surface area contributed by atoms with Crippen LogP contribution in [0, 0.1) is 0 Å². The predicted octanol–water partition coefficient (Wildman–Crippen LogP) is -0.532. The summed E-state index contributed by atoms with van der Waals surface area (Å²) in [6.07, 6.45) is 3.13. The van der Waals surface area contributed by atoms with Crippen molar-refractivity contribution in [3.05, 3.63) is 27.2 Å². The van der Waals surface area contributed by atoms with Gasteiger partial charge in [0.05, 0.1) is 19.5 Å². The molecule has 1 N–H and O–H groups in total. The largest absolute Gasteiger partial charge is 0.383 e. The Morgan fingerprint density at radius 3 is 2.77 bits per heavy atom. The molecule has 0 aliphatic carbocycles. The summed E-state index contributed by atoms with van der Waals surface area (Å²) in [5.74, 6) is 0. The van der Waals surface area contributed by atoms with Gasteiger partial charge in [-0.1, -0.05) is 0 Å². The van der Waals surface area contributed by atoms with E-state index in [2.05, 4.69) is 10.3 Å². The van der Waals surface area contributed by atoms with Crippen LogP contribution >= 0.6 is 0 Å². The molecular weight excluding hydrogens is 286 g/mol. The number of aryl methyl sites for hydroxylation is 1. The molecule has 8 heteroatoms. The molecule has 2 aromatic heterocycles. The summed E-state index contributed by atoms with van der Waals surface area (Å²) < 4.78 is 9.71. The van der Waals surface area contributed by atoms with Gasteiger partial charge in [0.1, 0.15) is 0 Å². The Hall–Kier alpha value is -1.93. The monoisotopic (exact) mass is 307 g/mol. The van der Waals surface area contributed by atoms with Crippen LogP contribution in [-0.2, 0) is 18.3 Å². The first-order valence-corrected chi connectivity index (χ1v) is 7.51. The number of nitrogens with one attached hydrogen (secondary N) is 1. The second-order valence-corrected chi connectivity index (χ2v) is 5.61. The summed E-state index contributed by atoms with van der Waals surface area (Å²) in [6, 6.07) is -0.0608. The Morgan fingerprint density at radius 1 is 1.36 bits per heavy atom. The number of hydrogen-bond donors (Lipinski definition) is 1. The average molecular weight is 307 g/mol. The Balaban J connectivity index is 2.24. The summed E-state index contributed by atoms with van der Waals surface area (Å²) in [6.45, 7) is 2.42. The summed E-state index contributed by atoms with van der Waals surface area (Å²) >= 11 is 0. The third kappa shape index (κ3) is 2.38. The number of rotatable bonds is 4. The number of imidazole rings is 1. The van der Waals surface area contributed by atoms with E-state index in [0.717, 1.165) is 25.9 Å². The fourth-order valence-electron chi connectivity index (χ4n) is 3.05. The van der Waals surface area contributed by atoms with E-state index in [1.54, 1.807) is 29.6 Å². The minimum atomic E-state index is -0.292. The Morgan fingerprint density at radius 2 is 2.09 bits per heavy atom. The molecule has 22 heavy (non-hydrogen) atoms. The summed E-state index contributed by atoms with van der Waals surface area (Å²) in [5, 5.41) is 3.25. The van der Waals surface area contributed by atoms with Crippen molar-refractivity contribution < 1.29 is 4.74 Å². The van der Waals surface area contributed by atoms with E-state index in [-0.39, 0.29) is 17.3 Å². The molecule has 1 fully saturated rings. The molecule has 0 spiro atoms. The van der Waals surface area contributed by atoms with Gasteiger partial charge in [-0.25, -0.2) is 9.78 Å². The summed E-state index contributed by atoms with van der Waals surface area (Å²) in [5.41, 5.74) is 0.356. The number of aromatic nitrogens is 4. The lowest BCUT2D eigenvalue weighted by Crippen LogP contribution is -2.45. The molecule has 0 amide bonds. The van der Waals surface area contributed by atoms with Crippen molar-refractivity contribution in [3.8, 4) is 0 Å². The van der Waals surface area contributed by atoms with E-state index in [4.69, 9.17) is 4.74 Å². The normalized spacial score (nSPS) is 16.5. The fourth-order valence-corrected chi connectivity index (χ4v) is 3.05. The lowest BCUT2D eigenvalue weighted by molar-refractivity contribution is 0.185. The zero-order chi connectivity index (χ0) is 15.7. The van der Waals surface area contributed by atoms with Gasteiger partial charge in [-0.3, -0.25) is 13.9 Å². The minimum absolute atomic E-state index is 0.0608. The number of methoxy groups -OCH3 is 1. The van der Waals surface area contributed by atoms with Crippen LogP contribution in [0.4, 0.5) is 0 Å². The maximum atomic E-state index is 12.8. The number of piperidine rings is 1. The number of fused-ring (bicyclic) bond motifs is 1. The zero-order valence-corrected chi connectivity index (χ0v) is 12.9. The van der Waals surface area contributed by atoms with Gasteiger partial charge in [0.25, 0.3) is 5.56 Å². The Kier molecular flexibility index (Phi) is 4.12. The molecule has 3 rings (SSSR count). The highest BCUT2D eigenvalue weighted by Gasteiger charge is 2.23. The SMILES string of the molecule is COCCn1c(=O)n(C2CCNCC2)c(=O)c2c1ncn2C. The van der Waals surface area contributed by atoms with Gasteiger partial charge in [0.2, 0.25) is 0 Å². The smallest absolute Gasteiger partial charge is 0.333 e. The van der Waals surface area contributed by atoms with Crippen LogP contribution in [-0.4, -0.2) is 45.5 Å². The van der Waals surface area contributed by atoms with Crippen LogP contribution in [0.1, 0.15) is 18.9 Å². The predicted molar refractivity (Wildman–Crippen MR) is 82.3 cm³/mol. The van der Waals surface area contributed by atoms with Crippen LogP contribution in [0.5, 0.6) is 0 Å². The van der Waals surface area contributed by atoms with E-state index in [1.165, 1.54) is 4.57 Å². The quantitative estimate of drug-likeness (QED) is 0.821. The average Bonchev–Trinajstić information content (AvgIpc) is 2.90. The van der Waals surface area contributed by atoms with Crippen molar-refractivity contribution in [1.29, 1.82) is 0 Å². The van der Waals surface area contributed by atoms with E-state index in [1.807, 2.05) is 0 Å². The molecule has 3 heterocycles. The van der Waals surface area contributed by atoms with Crippen LogP contribution < -0.4 is 16.6 Å². The van der Waals surface area contributed by atoms with Gasteiger partial charge in [-0.2, -0.15) is 0 Å². The molecule has 1 aliphatic rings. The lowest BCUT2D eigenvalue weighted by atomic mass is 10.1. The molecule has 0 radical (unpaired) electrons.